The number of ether oxygens (including phenoxy) is 1. The molecule has 1 aliphatic heterocycles. The van der Waals surface area contributed by atoms with Crippen LogP contribution in [0.2, 0.25) is 0 Å². The smallest absolute Gasteiger partial charge is 0.410 e. The molecule has 2 fully saturated rings. The highest BCUT2D eigenvalue weighted by Gasteiger charge is 2.51. The van der Waals surface area contributed by atoms with E-state index in [0.29, 0.717) is 12.1 Å². The molecule has 6 nitrogen and oxygen atoms in total. The number of hydrogen-bond donors (Lipinski definition) is 0. The predicted molar refractivity (Wildman–Crippen MR) is 77.6 cm³/mol. The predicted octanol–water partition coefficient (Wildman–Crippen LogP) is 1.67. The van der Waals surface area contributed by atoms with Gasteiger partial charge in [-0.3, -0.25) is 4.90 Å². The highest BCUT2D eigenvalue weighted by molar-refractivity contribution is 5.69. The van der Waals surface area contributed by atoms with Gasteiger partial charge in [-0.2, -0.15) is 10.2 Å². The molecular weight excluding hydrogens is 268 g/mol. The zero-order valence-electron chi connectivity index (χ0n) is 12.8. The molecule has 0 spiro atoms. The van der Waals surface area contributed by atoms with E-state index >= 15 is 0 Å². The summed E-state index contributed by atoms with van der Waals surface area (Å²) in [5.41, 5.74) is 0.548. The minimum atomic E-state index is -0.432. The van der Waals surface area contributed by atoms with E-state index in [-0.39, 0.29) is 6.09 Å². The Morgan fingerprint density at radius 2 is 2.19 bits per heavy atom. The number of piperazine rings is 1. The van der Waals surface area contributed by atoms with Crippen molar-refractivity contribution in [2.75, 3.05) is 13.1 Å². The fraction of sp³-hybridized carbons (Fsp3) is 0.667. The van der Waals surface area contributed by atoms with Crippen LogP contribution in [0.15, 0.2) is 18.3 Å². The number of hydrogen-bond acceptors (Lipinski definition) is 5. The van der Waals surface area contributed by atoms with Crippen LogP contribution in [0.5, 0.6) is 0 Å². The van der Waals surface area contributed by atoms with Gasteiger partial charge < -0.3 is 9.64 Å². The Morgan fingerprint density at radius 3 is 2.86 bits per heavy atom. The first-order valence-corrected chi connectivity index (χ1v) is 7.44. The van der Waals surface area contributed by atoms with Crippen LogP contribution in [0.3, 0.4) is 0 Å². The van der Waals surface area contributed by atoms with Gasteiger partial charge in [-0.25, -0.2) is 4.79 Å². The third-order valence-corrected chi connectivity index (χ3v) is 3.84. The van der Waals surface area contributed by atoms with Gasteiger partial charge in [0.25, 0.3) is 0 Å². The average Bonchev–Trinajstić information content (AvgIpc) is 3.18. The SMILES string of the molecule is CC(C)(C)OC(=O)N1CCN(Cc2cccnn2)C2CC21. The third kappa shape index (κ3) is 3.32. The molecule has 1 aromatic rings. The van der Waals surface area contributed by atoms with Crippen LogP contribution in [-0.2, 0) is 11.3 Å². The standard InChI is InChI=1S/C15H22N4O2/c1-15(2,3)21-14(20)19-8-7-18(12-9-13(12)19)10-11-5-4-6-16-17-11/h4-6,12-13H,7-10H2,1-3H3. The fourth-order valence-corrected chi connectivity index (χ4v) is 2.83. The van der Waals surface area contributed by atoms with Crippen LogP contribution >= 0.6 is 0 Å². The molecule has 0 aromatic carbocycles. The highest BCUT2D eigenvalue weighted by atomic mass is 16.6. The van der Waals surface area contributed by atoms with Crippen molar-refractivity contribution in [2.45, 2.75) is 51.4 Å². The number of amides is 1. The number of aromatic nitrogens is 2. The second-order valence-electron chi connectivity index (χ2n) is 6.73. The molecule has 6 heteroatoms. The fourth-order valence-electron chi connectivity index (χ4n) is 2.83. The molecule has 0 bridgehead atoms. The monoisotopic (exact) mass is 290 g/mol. The summed E-state index contributed by atoms with van der Waals surface area (Å²) in [5, 5.41) is 8.04. The van der Waals surface area contributed by atoms with Crippen molar-refractivity contribution in [2.24, 2.45) is 0 Å². The maximum Gasteiger partial charge on any atom is 0.410 e. The topological polar surface area (TPSA) is 58.6 Å². The van der Waals surface area contributed by atoms with E-state index in [4.69, 9.17) is 4.74 Å². The molecule has 3 rings (SSSR count). The number of carbonyl (C=O) groups is 1. The third-order valence-electron chi connectivity index (χ3n) is 3.84. The number of fused-ring (bicyclic) bond motifs is 1. The van der Waals surface area contributed by atoms with Crippen LogP contribution in [0, 0.1) is 0 Å². The lowest BCUT2D eigenvalue weighted by molar-refractivity contribution is 0.0124. The molecule has 2 atom stereocenters. The lowest BCUT2D eigenvalue weighted by Crippen LogP contribution is -2.49. The van der Waals surface area contributed by atoms with Crippen LogP contribution in [0.4, 0.5) is 4.79 Å². The van der Waals surface area contributed by atoms with E-state index < -0.39 is 5.60 Å². The van der Waals surface area contributed by atoms with E-state index in [1.54, 1.807) is 6.20 Å². The van der Waals surface area contributed by atoms with Crippen LogP contribution < -0.4 is 0 Å². The van der Waals surface area contributed by atoms with Crippen molar-refractivity contribution in [1.82, 2.24) is 20.0 Å². The summed E-state index contributed by atoms with van der Waals surface area (Å²) in [6, 6.07) is 4.63. The van der Waals surface area contributed by atoms with Gasteiger partial charge in [-0.05, 0) is 39.3 Å². The van der Waals surface area contributed by atoms with Crippen LogP contribution in [0.1, 0.15) is 32.9 Å². The van der Waals surface area contributed by atoms with Gasteiger partial charge in [0.2, 0.25) is 0 Å². The summed E-state index contributed by atoms with van der Waals surface area (Å²) >= 11 is 0. The molecule has 2 heterocycles. The van der Waals surface area contributed by atoms with Gasteiger partial charge in [0.1, 0.15) is 5.60 Å². The second-order valence-corrected chi connectivity index (χ2v) is 6.73. The summed E-state index contributed by atoms with van der Waals surface area (Å²) < 4.78 is 5.47. The Labute approximate surface area is 125 Å². The zero-order chi connectivity index (χ0) is 15.0. The summed E-state index contributed by atoms with van der Waals surface area (Å²) in [6.45, 7) is 8.09. The molecule has 1 aliphatic carbocycles. The van der Waals surface area contributed by atoms with Crippen molar-refractivity contribution in [3.63, 3.8) is 0 Å². The van der Waals surface area contributed by atoms with Crippen molar-refractivity contribution in [1.29, 1.82) is 0 Å². The van der Waals surface area contributed by atoms with E-state index in [9.17, 15) is 4.79 Å². The maximum atomic E-state index is 12.2. The average molecular weight is 290 g/mol. The molecule has 21 heavy (non-hydrogen) atoms. The first kappa shape index (κ1) is 14.3. The number of nitrogens with zero attached hydrogens (tertiary/aromatic N) is 4. The molecule has 2 unspecified atom stereocenters. The highest BCUT2D eigenvalue weighted by Crippen LogP contribution is 2.38. The van der Waals surface area contributed by atoms with Crippen LogP contribution in [-0.4, -0.2) is 56.9 Å². The number of carbonyl (C=O) groups excluding carboxylic acids is 1. The van der Waals surface area contributed by atoms with Crippen molar-refractivity contribution in [3.8, 4) is 0 Å². The summed E-state index contributed by atoms with van der Waals surface area (Å²) in [6.07, 6.45) is 2.53. The summed E-state index contributed by atoms with van der Waals surface area (Å²) in [4.78, 5) is 16.4. The Kier molecular flexibility index (Phi) is 3.57. The first-order valence-electron chi connectivity index (χ1n) is 7.44. The maximum absolute atomic E-state index is 12.2. The number of rotatable bonds is 2. The molecule has 114 valence electrons. The minimum Gasteiger partial charge on any atom is -0.444 e. The van der Waals surface area contributed by atoms with Gasteiger partial charge in [0, 0.05) is 31.9 Å². The molecule has 2 aliphatic rings. The van der Waals surface area contributed by atoms with E-state index in [1.807, 2.05) is 37.8 Å². The van der Waals surface area contributed by atoms with Crippen LogP contribution in [0.25, 0.3) is 0 Å². The van der Waals surface area contributed by atoms with Gasteiger partial charge in [0.05, 0.1) is 11.7 Å². The molecule has 1 saturated carbocycles. The van der Waals surface area contributed by atoms with Gasteiger partial charge in [-0.15, -0.1) is 0 Å². The molecule has 0 radical (unpaired) electrons. The zero-order valence-corrected chi connectivity index (χ0v) is 12.8. The van der Waals surface area contributed by atoms with Gasteiger partial charge in [0.15, 0.2) is 0 Å². The normalized spacial score (nSPS) is 25.4. The Bertz CT molecular complexity index is 514. The Hall–Kier alpha value is -1.69. The van der Waals surface area contributed by atoms with E-state index in [0.717, 1.165) is 31.7 Å². The molecule has 1 amide bonds. The summed E-state index contributed by atoms with van der Waals surface area (Å²) in [7, 11) is 0. The Balaban J connectivity index is 1.57. The largest absolute Gasteiger partial charge is 0.444 e. The van der Waals surface area contributed by atoms with Gasteiger partial charge >= 0.3 is 6.09 Å². The van der Waals surface area contributed by atoms with Crippen molar-refractivity contribution >= 4 is 6.09 Å². The van der Waals surface area contributed by atoms with E-state index in [1.165, 1.54) is 0 Å². The molecular formula is C15H22N4O2. The van der Waals surface area contributed by atoms with Gasteiger partial charge in [-0.1, -0.05) is 0 Å². The van der Waals surface area contributed by atoms with Crippen molar-refractivity contribution < 1.29 is 9.53 Å². The minimum absolute atomic E-state index is 0.186. The van der Waals surface area contributed by atoms with Crippen molar-refractivity contribution in [3.05, 3.63) is 24.0 Å². The lowest BCUT2D eigenvalue weighted by atomic mass is 10.2. The van der Waals surface area contributed by atoms with E-state index in [2.05, 4.69) is 15.1 Å². The molecule has 1 aromatic heterocycles. The molecule has 1 saturated heterocycles. The second kappa shape index (κ2) is 5.26. The summed E-state index contributed by atoms with van der Waals surface area (Å²) in [5.74, 6) is 0. The molecule has 0 N–H and O–H groups in total. The quantitative estimate of drug-likeness (QED) is 0.829. The lowest BCUT2D eigenvalue weighted by Gasteiger charge is -2.34. The Morgan fingerprint density at radius 1 is 1.38 bits per heavy atom. The first-order chi connectivity index (χ1) is 9.94.